The average Bonchev–Trinajstić information content (AvgIpc) is 2.62. The third-order valence-electron chi connectivity index (χ3n) is 2.64. The van der Waals surface area contributed by atoms with E-state index in [4.69, 9.17) is 13.9 Å². The number of esters is 2. The fraction of sp³-hybridized carbons (Fsp3) is 0.333. The average molecular weight is 276 g/mol. The summed E-state index contributed by atoms with van der Waals surface area (Å²) in [4.78, 5) is 23.1. The van der Waals surface area contributed by atoms with Gasteiger partial charge in [-0.3, -0.25) is 4.79 Å². The third-order valence-corrected chi connectivity index (χ3v) is 2.64. The molecule has 0 fully saturated rings. The van der Waals surface area contributed by atoms with Crippen LogP contribution in [-0.2, 0) is 9.53 Å². The fourth-order valence-corrected chi connectivity index (χ4v) is 1.96. The van der Waals surface area contributed by atoms with E-state index in [0.29, 0.717) is 28.0 Å². The molecule has 20 heavy (non-hydrogen) atoms. The summed E-state index contributed by atoms with van der Waals surface area (Å²) in [6.45, 7) is 6.57. The number of aryl methyl sites for hydroxylation is 1. The Bertz CT molecular complexity index is 666. The second-order valence-corrected chi connectivity index (χ2v) is 4.74. The lowest BCUT2D eigenvalue weighted by Crippen LogP contribution is -2.12. The Morgan fingerprint density at radius 2 is 1.95 bits per heavy atom. The topological polar surface area (TPSA) is 65.7 Å². The minimum atomic E-state index is -0.448. The number of ether oxygens (including phenoxy) is 2. The van der Waals surface area contributed by atoms with Gasteiger partial charge in [-0.2, -0.15) is 0 Å². The predicted octanol–water partition coefficient (Wildman–Crippen LogP) is 3.23. The summed E-state index contributed by atoms with van der Waals surface area (Å²) >= 11 is 0. The van der Waals surface area contributed by atoms with Gasteiger partial charge in [-0.1, -0.05) is 0 Å². The Labute approximate surface area is 116 Å². The van der Waals surface area contributed by atoms with Crippen LogP contribution in [0.3, 0.4) is 0 Å². The van der Waals surface area contributed by atoms with E-state index in [1.807, 2.05) is 0 Å². The lowest BCUT2D eigenvalue weighted by Gasteiger charge is -2.07. The van der Waals surface area contributed by atoms with Gasteiger partial charge in [0.2, 0.25) is 0 Å². The summed E-state index contributed by atoms with van der Waals surface area (Å²) in [5, 5.41) is 0.576. The maximum atomic E-state index is 12.1. The van der Waals surface area contributed by atoms with Crippen LogP contribution in [0.2, 0.25) is 0 Å². The molecule has 0 spiro atoms. The molecule has 0 bridgehead atoms. The lowest BCUT2D eigenvalue weighted by molar-refractivity contribution is -0.131. The molecule has 5 nitrogen and oxygen atoms in total. The quantitative estimate of drug-likeness (QED) is 0.636. The number of rotatable bonds is 3. The van der Waals surface area contributed by atoms with Crippen molar-refractivity contribution < 1.29 is 23.5 Å². The lowest BCUT2D eigenvalue weighted by atomic mass is 10.1. The van der Waals surface area contributed by atoms with E-state index in [2.05, 4.69) is 0 Å². The van der Waals surface area contributed by atoms with Gasteiger partial charge in [0.05, 0.1) is 6.10 Å². The van der Waals surface area contributed by atoms with Gasteiger partial charge in [-0.15, -0.1) is 0 Å². The second kappa shape index (κ2) is 5.36. The summed E-state index contributed by atoms with van der Waals surface area (Å²) in [5.41, 5.74) is 0.914. The number of carbonyl (C=O) groups is 2. The first kappa shape index (κ1) is 14.1. The largest absolute Gasteiger partial charge is 0.460 e. The number of furan rings is 1. The van der Waals surface area contributed by atoms with Gasteiger partial charge in [-0.25, -0.2) is 4.79 Å². The van der Waals surface area contributed by atoms with E-state index in [9.17, 15) is 9.59 Å². The summed E-state index contributed by atoms with van der Waals surface area (Å²) in [6, 6.07) is 4.88. The Morgan fingerprint density at radius 1 is 1.25 bits per heavy atom. The van der Waals surface area contributed by atoms with Gasteiger partial charge >= 0.3 is 11.9 Å². The smallest absolute Gasteiger partial charge is 0.342 e. The maximum Gasteiger partial charge on any atom is 0.342 e. The van der Waals surface area contributed by atoms with Gasteiger partial charge in [-0.05, 0) is 39.0 Å². The highest BCUT2D eigenvalue weighted by Gasteiger charge is 2.21. The molecule has 0 aliphatic rings. The Kier molecular flexibility index (Phi) is 3.79. The van der Waals surface area contributed by atoms with Crippen LogP contribution in [0.25, 0.3) is 11.0 Å². The molecule has 0 amide bonds. The number of fused-ring (bicyclic) bond motifs is 1. The molecule has 1 aromatic heterocycles. The molecule has 106 valence electrons. The first-order valence-corrected chi connectivity index (χ1v) is 6.31. The van der Waals surface area contributed by atoms with Crippen LogP contribution in [0.5, 0.6) is 5.75 Å². The molecule has 5 heteroatoms. The van der Waals surface area contributed by atoms with Crippen molar-refractivity contribution in [2.24, 2.45) is 0 Å². The van der Waals surface area contributed by atoms with Gasteiger partial charge < -0.3 is 13.9 Å². The van der Waals surface area contributed by atoms with E-state index in [-0.39, 0.29) is 6.10 Å². The highest BCUT2D eigenvalue weighted by molar-refractivity contribution is 6.05. The fourth-order valence-electron chi connectivity index (χ4n) is 1.96. The van der Waals surface area contributed by atoms with Gasteiger partial charge in [0.25, 0.3) is 0 Å². The third kappa shape index (κ3) is 2.82. The molecule has 1 heterocycles. The first-order valence-electron chi connectivity index (χ1n) is 6.31. The molecule has 0 saturated carbocycles. The van der Waals surface area contributed by atoms with Gasteiger partial charge in [0, 0.05) is 12.3 Å². The zero-order chi connectivity index (χ0) is 14.9. The molecule has 0 aliphatic carbocycles. The summed E-state index contributed by atoms with van der Waals surface area (Å²) < 4.78 is 15.7. The zero-order valence-corrected chi connectivity index (χ0v) is 11.9. The molecule has 0 aliphatic heterocycles. The normalized spacial score (nSPS) is 10.8. The van der Waals surface area contributed by atoms with Crippen molar-refractivity contribution in [1.82, 2.24) is 0 Å². The SMILES string of the molecule is CC(=O)Oc1ccc2oc(C)c(C(=O)OC(C)C)c2c1. The van der Waals surface area contributed by atoms with Crippen LogP contribution in [0.4, 0.5) is 0 Å². The summed E-state index contributed by atoms with van der Waals surface area (Å²) in [6.07, 6.45) is -0.219. The van der Waals surface area contributed by atoms with Crippen LogP contribution < -0.4 is 4.74 Å². The first-order chi connectivity index (χ1) is 9.38. The number of carbonyl (C=O) groups excluding carboxylic acids is 2. The molecule has 0 atom stereocenters. The Hall–Kier alpha value is -2.30. The van der Waals surface area contributed by atoms with Gasteiger partial charge in [0.15, 0.2) is 0 Å². The van der Waals surface area contributed by atoms with Crippen LogP contribution >= 0.6 is 0 Å². The molecule has 2 aromatic rings. The van der Waals surface area contributed by atoms with Crippen molar-refractivity contribution in [2.45, 2.75) is 33.8 Å². The minimum Gasteiger partial charge on any atom is -0.460 e. The minimum absolute atomic E-state index is 0.219. The molecule has 0 radical (unpaired) electrons. The van der Waals surface area contributed by atoms with Gasteiger partial charge in [0.1, 0.15) is 22.7 Å². The second-order valence-electron chi connectivity index (χ2n) is 4.74. The highest BCUT2D eigenvalue weighted by atomic mass is 16.5. The summed E-state index contributed by atoms with van der Waals surface area (Å²) in [5.74, 6) is -0.0258. The zero-order valence-electron chi connectivity index (χ0n) is 11.9. The van der Waals surface area contributed by atoms with E-state index >= 15 is 0 Å². The maximum absolute atomic E-state index is 12.1. The number of benzene rings is 1. The van der Waals surface area contributed by atoms with E-state index < -0.39 is 11.9 Å². The van der Waals surface area contributed by atoms with Crippen molar-refractivity contribution >= 4 is 22.9 Å². The molecule has 0 N–H and O–H groups in total. The van der Waals surface area contributed by atoms with Crippen molar-refractivity contribution in [2.75, 3.05) is 0 Å². The molecular weight excluding hydrogens is 260 g/mol. The highest BCUT2D eigenvalue weighted by Crippen LogP contribution is 2.30. The van der Waals surface area contributed by atoms with E-state index in [1.165, 1.54) is 6.92 Å². The van der Waals surface area contributed by atoms with Crippen LogP contribution in [0.15, 0.2) is 22.6 Å². The molecular formula is C15H16O5. The predicted molar refractivity (Wildman–Crippen MR) is 72.8 cm³/mol. The Morgan fingerprint density at radius 3 is 2.55 bits per heavy atom. The van der Waals surface area contributed by atoms with Crippen molar-refractivity contribution in [3.63, 3.8) is 0 Å². The van der Waals surface area contributed by atoms with E-state index in [1.54, 1.807) is 39.0 Å². The number of hydrogen-bond acceptors (Lipinski definition) is 5. The molecule has 0 saturated heterocycles. The molecule has 0 unspecified atom stereocenters. The summed E-state index contributed by atoms with van der Waals surface area (Å²) in [7, 11) is 0. The monoisotopic (exact) mass is 276 g/mol. The number of hydrogen-bond donors (Lipinski definition) is 0. The van der Waals surface area contributed by atoms with Crippen molar-refractivity contribution in [1.29, 1.82) is 0 Å². The van der Waals surface area contributed by atoms with Crippen LogP contribution in [-0.4, -0.2) is 18.0 Å². The molecule has 2 rings (SSSR count). The Balaban J connectivity index is 2.49. The van der Waals surface area contributed by atoms with Crippen molar-refractivity contribution in [3.05, 3.63) is 29.5 Å². The standard InChI is InChI=1S/C15H16O5/c1-8(2)18-15(17)14-9(3)19-13-6-5-11(7-12(13)14)20-10(4)16/h5-8H,1-4H3. The van der Waals surface area contributed by atoms with Crippen LogP contribution in [0.1, 0.15) is 36.9 Å². The van der Waals surface area contributed by atoms with Crippen molar-refractivity contribution in [3.8, 4) is 5.75 Å². The van der Waals surface area contributed by atoms with Crippen LogP contribution in [0, 0.1) is 6.92 Å². The molecule has 1 aromatic carbocycles. The van der Waals surface area contributed by atoms with E-state index in [0.717, 1.165) is 0 Å².